The molecule has 0 spiro atoms. The van der Waals surface area contributed by atoms with Gasteiger partial charge in [-0.25, -0.2) is 0 Å². The molecule has 1 aliphatic carbocycles. The van der Waals surface area contributed by atoms with E-state index in [4.69, 9.17) is 9.84 Å². The van der Waals surface area contributed by atoms with Crippen molar-refractivity contribution in [2.75, 3.05) is 19.8 Å². The Hall–Kier alpha value is -1.72. The van der Waals surface area contributed by atoms with Gasteiger partial charge in [0.15, 0.2) is 0 Å². The highest BCUT2D eigenvalue weighted by molar-refractivity contribution is 5.25. The molecule has 0 saturated heterocycles. The molecule has 3 heterocycles. The molecule has 24 heavy (non-hydrogen) atoms. The molecule has 0 aromatic carbocycles. The van der Waals surface area contributed by atoms with Crippen molar-refractivity contribution in [2.45, 2.75) is 45.3 Å². The molecule has 128 valence electrons. The van der Waals surface area contributed by atoms with E-state index in [0.29, 0.717) is 5.92 Å². The van der Waals surface area contributed by atoms with E-state index in [9.17, 15) is 0 Å². The Kier molecular flexibility index (Phi) is 4.63. The van der Waals surface area contributed by atoms with Crippen LogP contribution in [0.5, 0.6) is 0 Å². The molecule has 4 rings (SSSR count). The fourth-order valence-corrected chi connectivity index (χ4v) is 3.44. The van der Waals surface area contributed by atoms with Gasteiger partial charge in [-0.15, -0.1) is 0 Å². The second kappa shape index (κ2) is 7.03. The average molecular weight is 326 g/mol. The van der Waals surface area contributed by atoms with Crippen LogP contribution in [0.25, 0.3) is 0 Å². The van der Waals surface area contributed by atoms with Crippen LogP contribution in [-0.4, -0.2) is 39.4 Å². The number of hydrogen-bond acceptors (Lipinski definition) is 4. The van der Waals surface area contributed by atoms with E-state index in [1.807, 2.05) is 12.3 Å². The first-order valence-corrected chi connectivity index (χ1v) is 9.08. The van der Waals surface area contributed by atoms with Crippen LogP contribution < -0.4 is 0 Å². The average Bonchev–Trinajstić information content (AvgIpc) is 3.32. The predicted octanol–water partition coefficient (Wildman–Crippen LogP) is 2.82. The zero-order valence-electron chi connectivity index (χ0n) is 14.4. The van der Waals surface area contributed by atoms with Crippen molar-refractivity contribution in [3.63, 3.8) is 0 Å². The number of fused-ring (bicyclic) bond motifs is 1. The third-order valence-electron chi connectivity index (χ3n) is 4.93. The van der Waals surface area contributed by atoms with Crippen molar-refractivity contribution in [1.82, 2.24) is 19.7 Å². The third kappa shape index (κ3) is 3.68. The molecular weight excluding hydrogens is 300 g/mol. The number of pyridine rings is 1. The van der Waals surface area contributed by atoms with E-state index in [0.717, 1.165) is 51.0 Å². The lowest BCUT2D eigenvalue weighted by Crippen LogP contribution is -2.35. The Bertz CT molecular complexity index is 665. The zero-order valence-corrected chi connectivity index (χ0v) is 14.4. The largest absolute Gasteiger partial charge is 0.380 e. The lowest BCUT2D eigenvalue weighted by molar-refractivity contribution is 0.0878. The van der Waals surface area contributed by atoms with E-state index in [1.54, 1.807) is 0 Å². The van der Waals surface area contributed by atoms with Gasteiger partial charge in [-0.3, -0.25) is 14.6 Å². The molecule has 2 aliphatic rings. The number of aryl methyl sites for hydroxylation is 1. The summed E-state index contributed by atoms with van der Waals surface area (Å²) in [6, 6.07) is 6.13. The standard InChI is InChI=1S/C19H26N4O/c1-2-23-11-16-9-22(12-18-5-3-4-8-20-18)10-17(19(16)21-23)14-24-13-15-6-7-15/h3-5,8,11,15,17H,2,6-7,9-10,12-14H2,1H3/t17-/m1/s1. The predicted molar refractivity (Wildman–Crippen MR) is 92.5 cm³/mol. The smallest absolute Gasteiger partial charge is 0.0736 e. The van der Waals surface area contributed by atoms with Crippen LogP contribution in [0.1, 0.15) is 42.6 Å². The number of ether oxygens (including phenoxy) is 1. The Morgan fingerprint density at radius 1 is 1.25 bits per heavy atom. The molecule has 0 radical (unpaired) electrons. The van der Waals surface area contributed by atoms with Crippen LogP contribution >= 0.6 is 0 Å². The minimum Gasteiger partial charge on any atom is -0.380 e. The summed E-state index contributed by atoms with van der Waals surface area (Å²) < 4.78 is 8.06. The quantitative estimate of drug-likeness (QED) is 0.785. The van der Waals surface area contributed by atoms with Crippen molar-refractivity contribution < 1.29 is 4.74 Å². The van der Waals surface area contributed by atoms with Crippen LogP contribution in [0.2, 0.25) is 0 Å². The first-order valence-electron chi connectivity index (χ1n) is 9.08. The summed E-state index contributed by atoms with van der Waals surface area (Å²) in [5, 5.41) is 4.80. The van der Waals surface area contributed by atoms with Crippen LogP contribution in [0, 0.1) is 5.92 Å². The van der Waals surface area contributed by atoms with Crippen LogP contribution in [0.15, 0.2) is 30.6 Å². The van der Waals surface area contributed by atoms with E-state index in [2.05, 4.69) is 39.8 Å². The van der Waals surface area contributed by atoms with Gasteiger partial charge in [-0.1, -0.05) is 6.07 Å². The van der Waals surface area contributed by atoms with Gasteiger partial charge in [0.2, 0.25) is 0 Å². The molecule has 0 amide bonds. The topological polar surface area (TPSA) is 43.2 Å². The number of hydrogen-bond donors (Lipinski definition) is 0. The maximum atomic E-state index is 6.00. The van der Waals surface area contributed by atoms with E-state index < -0.39 is 0 Å². The minimum atomic E-state index is 0.365. The van der Waals surface area contributed by atoms with Gasteiger partial charge in [0.25, 0.3) is 0 Å². The van der Waals surface area contributed by atoms with Crippen LogP contribution in [0.4, 0.5) is 0 Å². The van der Waals surface area contributed by atoms with E-state index >= 15 is 0 Å². The molecule has 2 aromatic heterocycles. The highest BCUT2D eigenvalue weighted by Gasteiger charge is 2.30. The minimum absolute atomic E-state index is 0.365. The van der Waals surface area contributed by atoms with Crippen molar-refractivity contribution >= 4 is 0 Å². The second-order valence-electron chi connectivity index (χ2n) is 7.06. The van der Waals surface area contributed by atoms with Crippen LogP contribution in [-0.2, 0) is 24.4 Å². The molecule has 0 unspecified atom stereocenters. The maximum absolute atomic E-state index is 6.00. The summed E-state index contributed by atoms with van der Waals surface area (Å²) in [5.41, 5.74) is 3.71. The van der Waals surface area contributed by atoms with Gasteiger partial charge < -0.3 is 4.74 Å². The molecule has 5 heteroatoms. The monoisotopic (exact) mass is 326 g/mol. The highest BCUT2D eigenvalue weighted by atomic mass is 16.5. The fourth-order valence-electron chi connectivity index (χ4n) is 3.44. The zero-order chi connectivity index (χ0) is 16.4. The maximum Gasteiger partial charge on any atom is 0.0736 e. The fraction of sp³-hybridized carbons (Fsp3) is 0.579. The van der Waals surface area contributed by atoms with Gasteiger partial charge in [-0.2, -0.15) is 5.10 Å². The first kappa shape index (κ1) is 15.8. The SMILES string of the molecule is CCn1cc2c(n1)[C@@H](COCC1CC1)CN(Cc1ccccn1)C2. The summed E-state index contributed by atoms with van der Waals surface area (Å²) in [4.78, 5) is 6.94. The second-order valence-corrected chi connectivity index (χ2v) is 7.06. The number of rotatable bonds is 7. The van der Waals surface area contributed by atoms with Crippen molar-refractivity contribution in [1.29, 1.82) is 0 Å². The van der Waals surface area contributed by atoms with Crippen molar-refractivity contribution in [2.24, 2.45) is 5.92 Å². The van der Waals surface area contributed by atoms with Gasteiger partial charge in [0, 0.05) is 56.7 Å². The Labute approximate surface area is 143 Å². The van der Waals surface area contributed by atoms with E-state index in [1.165, 1.54) is 24.1 Å². The molecule has 5 nitrogen and oxygen atoms in total. The van der Waals surface area contributed by atoms with Crippen molar-refractivity contribution in [3.8, 4) is 0 Å². The molecular formula is C19H26N4O. The normalized spacial score (nSPS) is 21.0. The third-order valence-corrected chi connectivity index (χ3v) is 4.93. The molecule has 1 saturated carbocycles. The van der Waals surface area contributed by atoms with Gasteiger partial charge >= 0.3 is 0 Å². The van der Waals surface area contributed by atoms with E-state index in [-0.39, 0.29) is 0 Å². The lowest BCUT2D eigenvalue weighted by atomic mass is 9.97. The first-order chi connectivity index (χ1) is 11.8. The molecule has 2 aromatic rings. The Morgan fingerprint density at radius 2 is 2.17 bits per heavy atom. The summed E-state index contributed by atoms with van der Waals surface area (Å²) in [7, 11) is 0. The summed E-state index contributed by atoms with van der Waals surface area (Å²) in [5.74, 6) is 1.18. The summed E-state index contributed by atoms with van der Waals surface area (Å²) in [6.45, 7) is 7.59. The number of aromatic nitrogens is 3. The molecule has 0 N–H and O–H groups in total. The molecule has 1 aliphatic heterocycles. The van der Waals surface area contributed by atoms with Crippen molar-refractivity contribution in [3.05, 3.63) is 47.5 Å². The Morgan fingerprint density at radius 3 is 2.92 bits per heavy atom. The Balaban J connectivity index is 1.47. The van der Waals surface area contributed by atoms with Gasteiger partial charge in [0.1, 0.15) is 0 Å². The molecule has 1 fully saturated rings. The van der Waals surface area contributed by atoms with Gasteiger partial charge in [-0.05, 0) is 37.8 Å². The summed E-state index contributed by atoms with van der Waals surface area (Å²) >= 11 is 0. The van der Waals surface area contributed by atoms with Gasteiger partial charge in [0.05, 0.1) is 18.0 Å². The lowest BCUT2D eigenvalue weighted by Gasteiger charge is -2.31. The molecule has 0 bridgehead atoms. The summed E-state index contributed by atoms with van der Waals surface area (Å²) in [6.07, 6.45) is 6.75. The number of nitrogens with zero attached hydrogens (tertiary/aromatic N) is 4. The highest BCUT2D eigenvalue weighted by Crippen LogP contribution is 2.31. The molecule has 1 atom stereocenters. The van der Waals surface area contributed by atoms with Crippen LogP contribution in [0.3, 0.4) is 0 Å².